The number of carbonyl (C=O) groups excluding carboxylic acids is 1. The predicted molar refractivity (Wildman–Crippen MR) is 118 cm³/mol. The van der Waals surface area contributed by atoms with Gasteiger partial charge < -0.3 is 9.80 Å². The fourth-order valence-corrected chi connectivity index (χ4v) is 7.22. The Hall–Kier alpha value is -2.44. The zero-order valence-electron chi connectivity index (χ0n) is 18.6. The van der Waals surface area contributed by atoms with Crippen molar-refractivity contribution in [2.24, 2.45) is 23.2 Å². The minimum atomic E-state index is -0.0319. The molecule has 1 saturated heterocycles. The van der Waals surface area contributed by atoms with Crippen LogP contribution in [-0.2, 0) is 4.79 Å². The van der Waals surface area contributed by atoms with Gasteiger partial charge in [-0.25, -0.2) is 15.0 Å². The predicted octanol–water partition coefficient (Wildman–Crippen LogP) is 3.14. The highest BCUT2D eigenvalue weighted by atomic mass is 16.2. The Morgan fingerprint density at radius 1 is 0.903 bits per heavy atom. The molecule has 2 aromatic rings. The van der Waals surface area contributed by atoms with Gasteiger partial charge in [0.05, 0.1) is 11.1 Å². The van der Waals surface area contributed by atoms with Crippen LogP contribution >= 0.6 is 0 Å². The van der Waals surface area contributed by atoms with Gasteiger partial charge in [0.2, 0.25) is 5.91 Å². The Kier molecular flexibility index (Phi) is 4.37. The molecule has 164 valence electrons. The molecule has 0 N–H and O–H groups in total. The minimum Gasteiger partial charge on any atom is -0.353 e. The number of carbonyl (C=O) groups is 1. The Balaban J connectivity index is 1.15. The summed E-state index contributed by atoms with van der Waals surface area (Å²) in [7, 11) is 0. The molecule has 3 heterocycles. The van der Waals surface area contributed by atoms with Crippen LogP contribution in [0.1, 0.15) is 49.9 Å². The third-order valence-electron chi connectivity index (χ3n) is 8.52. The highest BCUT2D eigenvalue weighted by molar-refractivity contribution is 5.83. The highest BCUT2D eigenvalue weighted by Crippen LogP contribution is 2.60. The molecule has 5 aliphatic rings. The summed E-state index contributed by atoms with van der Waals surface area (Å²) in [6.45, 7) is 7.31. The van der Waals surface area contributed by atoms with Crippen LogP contribution in [-0.4, -0.2) is 56.5 Å². The molecular formula is C24H32N6O. The largest absolute Gasteiger partial charge is 0.353 e. The van der Waals surface area contributed by atoms with Gasteiger partial charge in [-0.2, -0.15) is 0 Å². The summed E-state index contributed by atoms with van der Waals surface area (Å²) in [4.78, 5) is 31.5. The molecule has 7 nitrogen and oxygen atoms in total. The standard InChI is InChI=1S/C24H32N6O/c1-16-17(2)30(15-27-16)22-10-21(25-14-26-22)28-3-5-29(6-4-28)23(31)24-11-18-7-19(12-24)9-20(8-18)13-24/h10,14-15,18-20H,3-9,11-13H2,1-2H3. The number of aromatic nitrogens is 4. The summed E-state index contributed by atoms with van der Waals surface area (Å²) in [6.07, 6.45) is 11.0. The van der Waals surface area contributed by atoms with Crippen molar-refractivity contribution < 1.29 is 4.79 Å². The van der Waals surface area contributed by atoms with E-state index in [-0.39, 0.29) is 5.41 Å². The molecule has 2 aromatic heterocycles. The highest BCUT2D eigenvalue weighted by Gasteiger charge is 2.55. The van der Waals surface area contributed by atoms with Crippen LogP contribution in [0.3, 0.4) is 0 Å². The van der Waals surface area contributed by atoms with E-state index in [4.69, 9.17) is 0 Å². The van der Waals surface area contributed by atoms with Crippen LogP contribution in [0.4, 0.5) is 5.82 Å². The summed E-state index contributed by atoms with van der Waals surface area (Å²) in [5, 5.41) is 0. The molecule has 4 saturated carbocycles. The van der Waals surface area contributed by atoms with E-state index in [1.807, 2.05) is 23.9 Å². The molecule has 7 heteroatoms. The molecule has 5 fully saturated rings. The molecule has 0 unspecified atom stereocenters. The second-order valence-electron chi connectivity index (χ2n) is 10.5. The number of amides is 1. The molecule has 1 aliphatic heterocycles. The monoisotopic (exact) mass is 420 g/mol. The molecular weight excluding hydrogens is 388 g/mol. The molecule has 4 bridgehead atoms. The zero-order valence-corrected chi connectivity index (χ0v) is 18.6. The number of hydrogen-bond donors (Lipinski definition) is 0. The fraction of sp³-hybridized carbons (Fsp3) is 0.667. The van der Waals surface area contributed by atoms with Gasteiger partial charge in [-0.3, -0.25) is 9.36 Å². The second-order valence-corrected chi connectivity index (χ2v) is 10.5. The maximum atomic E-state index is 13.6. The average molecular weight is 421 g/mol. The van der Waals surface area contributed by atoms with Crippen LogP contribution in [0.5, 0.6) is 0 Å². The Bertz CT molecular complexity index is 970. The van der Waals surface area contributed by atoms with Crippen molar-refractivity contribution in [3.63, 3.8) is 0 Å². The van der Waals surface area contributed by atoms with Crippen molar-refractivity contribution >= 4 is 11.7 Å². The van der Waals surface area contributed by atoms with Crippen LogP contribution in [0.2, 0.25) is 0 Å². The molecule has 0 spiro atoms. The van der Waals surface area contributed by atoms with E-state index in [1.165, 1.54) is 19.3 Å². The number of hydrogen-bond acceptors (Lipinski definition) is 5. The number of nitrogens with zero attached hydrogens (tertiary/aromatic N) is 6. The van der Waals surface area contributed by atoms with Gasteiger partial charge in [-0.15, -0.1) is 0 Å². The number of piperazine rings is 1. The van der Waals surface area contributed by atoms with Gasteiger partial charge >= 0.3 is 0 Å². The van der Waals surface area contributed by atoms with Gasteiger partial charge in [0, 0.05) is 37.9 Å². The summed E-state index contributed by atoms with van der Waals surface area (Å²) >= 11 is 0. The van der Waals surface area contributed by atoms with Crippen molar-refractivity contribution in [2.75, 3.05) is 31.1 Å². The maximum absolute atomic E-state index is 13.6. The topological polar surface area (TPSA) is 67.2 Å². The lowest BCUT2D eigenvalue weighted by atomic mass is 9.49. The summed E-state index contributed by atoms with van der Waals surface area (Å²) in [5.41, 5.74) is 2.07. The Labute approximate surface area is 183 Å². The smallest absolute Gasteiger partial charge is 0.228 e. The Morgan fingerprint density at radius 2 is 1.52 bits per heavy atom. The summed E-state index contributed by atoms with van der Waals surface area (Å²) in [5.74, 6) is 4.66. The maximum Gasteiger partial charge on any atom is 0.228 e. The number of anilines is 1. The molecule has 1 amide bonds. The van der Waals surface area contributed by atoms with Crippen molar-refractivity contribution in [3.05, 3.63) is 30.1 Å². The van der Waals surface area contributed by atoms with E-state index in [1.54, 1.807) is 6.33 Å². The zero-order chi connectivity index (χ0) is 21.2. The first kappa shape index (κ1) is 19.3. The van der Waals surface area contributed by atoms with E-state index >= 15 is 0 Å². The van der Waals surface area contributed by atoms with Gasteiger partial charge in [0.15, 0.2) is 0 Å². The SMILES string of the molecule is Cc1ncn(-c2cc(N3CCN(C(=O)C45CC6CC(CC(C6)C4)C5)CC3)ncn2)c1C. The lowest BCUT2D eigenvalue weighted by Crippen LogP contribution is -2.58. The van der Waals surface area contributed by atoms with Crippen molar-refractivity contribution in [3.8, 4) is 5.82 Å². The van der Waals surface area contributed by atoms with Crippen molar-refractivity contribution in [1.29, 1.82) is 0 Å². The number of imidazole rings is 1. The minimum absolute atomic E-state index is 0.0319. The second kappa shape index (κ2) is 7.04. The fourth-order valence-electron chi connectivity index (χ4n) is 7.22. The third kappa shape index (κ3) is 3.15. The lowest BCUT2D eigenvalue weighted by molar-refractivity contribution is -0.158. The van der Waals surface area contributed by atoms with Crippen molar-refractivity contribution in [2.45, 2.75) is 52.4 Å². The molecule has 0 aromatic carbocycles. The third-order valence-corrected chi connectivity index (χ3v) is 8.52. The summed E-state index contributed by atoms with van der Waals surface area (Å²) < 4.78 is 2.01. The molecule has 31 heavy (non-hydrogen) atoms. The first-order valence-corrected chi connectivity index (χ1v) is 11.9. The van der Waals surface area contributed by atoms with E-state index in [2.05, 4.69) is 31.7 Å². The van der Waals surface area contributed by atoms with Crippen LogP contribution < -0.4 is 4.90 Å². The molecule has 7 rings (SSSR count). The normalized spacial score (nSPS) is 32.0. The number of aryl methyl sites for hydroxylation is 1. The van der Waals surface area contributed by atoms with Gasteiger partial charge in [0.1, 0.15) is 24.3 Å². The number of rotatable bonds is 3. The first-order chi connectivity index (χ1) is 15.0. The molecule has 0 atom stereocenters. The van der Waals surface area contributed by atoms with Crippen LogP contribution in [0.15, 0.2) is 18.7 Å². The van der Waals surface area contributed by atoms with E-state index in [0.29, 0.717) is 5.91 Å². The van der Waals surface area contributed by atoms with Crippen molar-refractivity contribution in [1.82, 2.24) is 24.4 Å². The van der Waals surface area contributed by atoms with Gasteiger partial charge in [-0.1, -0.05) is 0 Å². The first-order valence-electron chi connectivity index (χ1n) is 11.9. The molecule has 4 aliphatic carbocycles. The average Bonchev–Trinajstić information content (AvgIpc) is 3.11. The molecule has 0 radical (unpaired) electrons. The van der Waals surface area contributed by atoms with E-state index < -0.39 is 0 Å². The van der Waals surface area contributed by atoms with E-state index in [0.717, 1.165) is 86.2 Å². The van der Waals surface area contributed by atoms with Crippen LogP contribution in [0, 0.1) is 37.0 Å². The van der Waals surface area contributed by atoms with Crippen LogP contribution in [0.25, 0.3) is 5.82 Å². The summed E-state index contributed by atoms with van der Waals surface area (Å²) in [6, 6.07) is 2.03. The Morgan fingerprint density at radius 3 is 2.10 bits per heavy atom. The lowest BCUT2D eigenvalue weighted by Gasteiger charge is -2.57. The van der Waals surface area contributed by atoms with E-state index in [9.17, 15) is 4.79 Å². The van der Waals surface area contributed by atoms with Gasteiger partial charge in [0.25, 0.3) is 0 Å². The van der Waals surface area contributed by atoms with Gasteiger partial charge in [-0.05, 0) is 70.1 Å². The quantitative estimate of drug-likeness (QED) is 0.763.